The number of carbonyl (C=O) groups is 3. The van der Waals surface area contributed by atoms with Crippen molar-refractivity contribution in [3.63, 3.8) is 0 Å². The van der Waals surface area contributed by atoms with Gasteiger partial charge in [-0.1, -0.05) is 30.3 Å². The van der Waals surface area contributed by atoms with E-state index in [0.29, 0.717) is 50.5 Å². The van der Waals surface area contributed by atoms with Crippen molar-refractivity contribution >= 4 is 29.1 Å². The van der Waals surface area contributed by atoms with Gasteiger partial charge in [-0.3, -0.25) is 14.4 Å². The van der Waals surface area contributed by atoms with Crippen LogP contribution in [-0.4, -0.2) is 75.4 Å². The van der Waals surface area contributed by atoms with E-state index in [1.807, 2.05) is 29.2 Å². The lowest BCUT2D eigenvalue weighted by molar-refractivity contribution is -0.132. The molecule has 3 N–H and O–H groups in total. The smallest absolute Gasteiger partial charge is 0.270 e. The van der Waals surface area contributed by atoms with E-state index >= 15 is 0 Å². The highest BCUT2D eigenvalue weighted by Crippen LogP contribution is 2.43. The summed E-state index contributed by atoms with van der Waals surface area (Å²) in [6, 6.07) is 16.1. The van der Waals surface area contributed by atoms with Crippen molar-refractivity contribution in [2.45, 2.75) is 77.0 Å². The summed E-state index contributed by atoms with van der Waals surface area (Å²) in [6.45, 7) is 9.80. The molecule has 1 aliphatic carbocycles. The Morgan fingerprint density at radius 2 is 1.78 bits per heavy atom. The summed E-state index contributed by atoms with van der Waals surface area (Å²) in [5.41, 5.74) is 7.22. The van der Waals surface area contributed by atoms with Gasteiger partial charge in [0.05, 0.1) is 23.1 Å². The SMILES string of the molecule is COC(C)(C)Cc1ccccc1.COCCCN1C(=O)C(C)(C)Oc2ccc(N(C(=O)C3CNCC(C(N)=O)C3)C3CC3)cc21. The van der Waals surface area contributed by atoms with Crippen LogP contribution in [-0.2, 0) is 30.3 Å². The van der Waals surface area contributed by atoms with Crippen molar-refractivity contribution in [1.29, 1.82) is 0 Å². The minimum Gasteiger partial charge on any atom is -0.476 e. The fraction of sp³-hybridized carbons (Fsp3) is 0.571. The molecule has 2 aromatic carbocycles. The van der Waals surface area contributed by atoms with Crippen molar-refractivity contribution in [3.05, 3.63) is 54.1 Å². The molecule has 2 heterocycles. The fourth-order valence-electron chi connectivity index (χ4n) is 5.85. The molecular weight excluding hydrogens is 572 g/mol. The molecule has 2 aromatic rings. The number of piperidine rings is 1. The summed E-state index contributed by atoms with van der Waals surface area (Å²) in [4.78, 5) is 42.0. The molecule has 5 rings (SSSR count). The summed E-state index contributed by atoms with van der Waals surface area (Å²) in [6.07, 6.45) is 3.97. The number of hydrogen-bond acceptors (Lipinski definition) is 7. The molecule has 0 radical (unpaired) electrons. The van der Waals surface area contributed by atoms with Crippen molar-refractivity contribution in [1.82, 2.24) is 5.32 Å². The molecule has 0 spiro atoms. The van der Waals surface area contributed by atoms with Gasteiger partial charge in [0.2, 0.25) is 11.8 Å². The van der Waals surface area contributed by atoms with Crippen LogP contribution in [0.25, 0.3) is 0 Å². The number of anilines is 2. The number of fused-ring (bicyclic) bond motifs is 1. The number of benzene rings is 2. The highest BCUT2D eigenvalue weighted by atomic mass is 16.5. The molecule has 10 heteroatoms. The lowest BCUT2D eigenvalue weighted by atomic mass is 9.89. The summed E-state index contributed by atoms with van der Waals surface area (Å²) >= 11 is 0. The number of rotatable bonds is 11. The second-order valence-corrected chi connectivity index (χ2v) is 13.3. The van der Waals surface area contributed by atoms with Crippen LogP contribution in [0.2, 0.25) is 0 Å². The first-order valence-corrected chi connectivity index (χ1v) is 15.9. The van der Waals surface area contributed by atoms with E-state index in [1.165, 1.54) is 5.56 Å². The average Bonchev–Trinajstić information content (AvgIpc) is 3.85. The Morgan fingerprint density at radius 1 is 1.09 bits per heavy atom. The molecule has 2 atom stereocenters. The van der Waals surface area contributed by atoms with Gasteiger partial charge in [-0.2, -0.15) is 0 Å². The van der Waals surface area contributed by atoms with Gasteiger partial charge in [0.15, 0.2) is 5.60 Å². The van der Waals surface area contributed by atoms with E-state index in [1.54, 1.807) is 33.0 Å². The topological polar surface area (TPSA) is 123 Å². The molecule has 0 bridgehead atoms. The van der Waals surface area contributed by atoms with Gasteiger partial charge in [-0.15, -0.1) is 0 Å². The van der Waals surface area contributed by atoms with Gasteiger partial charge >= 0.3 is 0 Å². The van der Waals surface area contributed by atoms with E-state index in [-0.39, 0.29) is 41.2 Å². The van der Waals surface area contributed by atoms with Crippen molar-refractivity contribution in [3.8, 4) is 5.75 Å². The monoisotopic (exact) mass is 622 g/mol. The molecule has 2 unspecified atom stereocenters. The van der Waals surface area contributed by atoms with Gasteiger partial charge in [0, 0.05) is 58.6 Å². The molecule has 45 heavy (non-hydrogen) atoms. The second kappa shape index (κ2) is 14.7. The van der Waals surface area contributed by atoms with Gasteiger partial charge in [0.25, 0.3) is 5.91 Å². The first-order chi connectivity index (χ1) is 21.4. The zero-order chi connectivity index (χ0) is 32.8. The predicted molar refractivity (Wildman–Crippen MR) is 175 cm³/mol. The molecule has 10 nitrogen and oxygen atoms in total. The third-order valence-electron chi connectivity index (χ3n) is 8.64. The van der Waals surface area contributed by atoms with E-state index < -0.39 is 5.60 Å². The molecule has 0 aromatic heterocycles. The van der Waals surface area contributed by atoms with Crippen LogP contribution >= 0.6 is 0 Å². The molecular formula is C35H50N4O6. The Bertz CT molecular complexity index is 1330. The minimum absolute atomic E-state index is 0.00906. The molecule has 2 fully saturated rings. The standard InChI is InChI=1S/C24H34N4O5.C11H16O/c1-24(2)23(31)27(9-4-10-32-3)19-12-18(7-8-20(19)33-24)28(17-5-6-17)22(30)16-11-15(21(25)29)13-26-14-16;1-11(2,12-3)9-10-7-5-4-6-8-10/h7-8,12,15-17,26H,4-6,9-11,13-14H2,1-3H3,(H2,25,29);4-8H,9H2,1-3H3. The molecule has 1 saturated heterocycles. The summed E-state index contributed by atoms with van der Waals surface area (Å²) in [5, 5.41) is 3.18. The van der Waals surface area contributed by atoms with E-state index in [0.717, 1.165) is 24.9 Å². The number of primary amides is 1. The van der Waals surface area contributed by atoms with Crippen LogP contribution in [0.3, 0.4) is 0 Å². The predicted octanol–water partition coefficient (Wildman–Crippen LogP) is 4.09. The normalized spacial score (nSPS) is 20.8. The number of nitrogens with one attached hydrogen (secondary N) is 1. The molecule has 3 amide bonds. The lowest BCUT2D eigenvalue weighted by Gasteiger charge is -2.39. The number of nitrogens with two attached hydrogens (primary N) is 1. The van der Waals surface area contributed by atoms with E-state index in [4.69, 9.17) is 19.9 Å². The number of amides is 3. The Balaban J connectivity index is 0.000000323. The maximum absolute atomic E-state index is 13.6. The first-order valence-electron chi connectivity index (χ1n) is 15.9. The van der Waals surface area contributed by atoms with Crippen LogP contribution < -0.4 is 25.6 Å². The van der Waals surface area contributed by atoms with Crippen LogP contribution in [0.5, 0.6) is 5.75 Å². The van der Waals surface area contributed by atoms with Crippen molar-refractivity contribution < 1.29 is 28.6 Å². The van der Waals surface area contributed by atoms with Gasteiger partial charge < -0.3 is 35.1 Å². The zero-order valence-corrected chi connectivity index (χ0v) is 27.6. The third kappa shape index (κ3) is 8.83. The summed E-state index contributed by atoms with van der Waals surface area (Å²) in [7, 11) is 3.39. The Morgan fingerprint density at radius 3 is 2.40 bits per heavy atom. The minimum atomic E-state index is -0.967. The highest BCUT2D eigenvalue weighted by Gasteiger charge is 2.43. The van der Waals surface area contributed by atoms with Gasteiger partial charge in [-0.25, -0.2) is 0 Å². The number of ether oxygens (including phenoxy) is 3. The largest absolute Gasteiger partial charge is 0.476 e. The quantitative estimate of drug-likeness (QED) is 0.362. The zero-order valence-electron chi connectivity index (χ0n) is 27.6. The van der Waals surface area contributed by atoms with Crippen molar-refractivity contribution in [2.24, 2.45) is 17.6 Å². The van der Waals surface area contributed by atoms with Gasteiger partial charge in [-0.05, 0) is 77.1 Å². The lowest BCUT2D eigenvalue weighted by Crippen LogP contribution is -2.53. The Kier molecular flexibility index (Phi) is 11.3. The Hall–Kier alpha value is -3.47. The van der Waals surface area contributed by atoms with Crippen molar-refractivity contribution in [2.75, 3.05) is 50.3 Å². The number of nitrogens with zero attached hydrogens (tertiary/aromatic N) is 2. The maximum Gasteiger partial charge on any atom is 0.270 e. The summed E-state index contributed by atoms with van der Waals surface area (Å²) < 4.78 is 16.5. The second-order valence-electron chi connectivity index (χ2n) is 13.3. The van der Waals surface area contributed by atoms with Crippen LogP contribution in [0.4, 0.5) is 11.4 Å². The molecule has 246 valence electrons. The Labute approximate surface area is 267 Å². The number of hydrogen-bond donors (Lipinski definition) is 2. The summed E-state index contributed by atoms with van der Waals surface area (Å²) in [5.74, 6) is -0.545. The maximum atomic E-state index is 13.6. The van der Waals surface area contributed by atoms with E-state index in [2.05, 4.69) is 43.4 Å². The molecule has 3 aliphatic rings. The highest BCUT2D eigenvalue weighted by molar-refractivity contribution is 6.04. The number of methoxy groups -OCH3 is 2. The molecule has 1 saturated carbocycles. The fourth-order valence-corrected chi connectivity index (χ4v) is 5.85. The van der Waals surface area contributed by atoms with Gasteiger partial charge in [0.1, 0.15) is 5.75 Å². The van der Waals surface area contributed by atoms with Crippen LogP contribution in [0, 0.1) is 11.8 Å². The van der Waals surface area contributed by atoms with Crippen LogP contribution in [0.15, 0.2) is 48.5 Å². The first kappa shape index (κ1) is 34.4. The molecule has 2 aliphatic heterocycles. The number of carbonyl (C=O) groups excluding carboxylic acids is 3. The van der Waals surface area contributed by atoms with Crippen LogP contribution in [0.1, 0.15) is 58.9 Å². The third-order valence-corrected chi connectivity index (χ3v) is 8.64. The van der Waals surface area contributed by atoms with E-state index in [9.17, 15) is 14.4 Å². The average molecular weight is 623 g/mol.